The number of benzene rings is 1. The lowest BCUT2D eigenvalue weighted by molar-refractivity contribution is -0.119. The number of amides is 2. The van der Waals surface area contributed by atoms with Gasteiger partial charge in [0.2, 0.25) is 5.91 Å². The van der Waals surface area contributed by atoms with Crippen LogP contribution in [0.3, 0.4) is 0 Å². The quantitative estimate of drug-likeness (QED) is 0.892. The maximum absolute atomic E-state index is 13.2. The molecule has 6 nitrogen and oxygen atoms in total. The highest BCUT2D eigenvalue weighted by Crippen LogP contribution is 2.27. The number of aryl methyl sites for hydroxylation is 1. The monoisotopic (exact) mass is 344 g/mol. The summed E-state index contributed by atoms with van der Waals surface area (Å²) in [7, 11) is 0. The van der Waals surface area contributed by atoms with Gasteiger partial charge >= 0.3 is 0 Å². The number of nitrogens with two attached hydrogens (primary N) is 1. The number of anilines is 1. The van der Waals surface area contributed by atoms with Crippen molar-refractivity contribution in [1.82, 2.24) is 9.80 Å². The van der Waals surface area contributed by atoms with E-state index >= 15 is 0 Å². The van der Waals surface area contributed by atoms with Gasteiger partial charge in [0.05, 0.1) is 12.1 Å². The zero-order valence-corrected chi connectivity index (χ0v) is 15.0. The topological polar surface area (TPSA) is 69.9 Å². The zero-order valence-electron chi connectivity index (χ0n) is 15.0. The molecule has 1 aromatic carbocycles. The second-order valence-corrected chi connectivity index (χ2v) is 7.10. The Balaban J connectivity index is 1.76. The number of carbonyl (C=O) groups excluding carboxylic acids is 2. The Morgan fingerprint density at radius 2 is 1.76 bits per heavy atom. The first-order chi connectivity index (χ1) is 12.0. The predicted octanol–water partition coefficient (Wildman–Crippen LogP) is 1.23. The Morgan fingerprint density at radius 1 is 1.00 bits per heavy atom. The van der Waals surface area contributed by atoms with E-state index in [0.717, 1.165) is 49.4 Å². The lowest BCUT2D eigenvalue weighted by Crippen LogP contribution is -2.38. The molecule has 25 heavy (non-hydrogen) atoms. The molecule has 2 aliphatic heterocycles. The lowest BCUT2D eigenvalue weighted by atomic mass is 10.1. The Morgan fingerprint density at radius 3 is 2.48 bits per heavy atom. The van der Waals surface area contributed by atoms with E-state index in [1.165, 1.54) is 12.8 Å². The van der Waals surface area contributed by atoms with Crippen LogP contribution < -0.4 is 10.6 Å². The predicted molar refractivity (Wildman–Crippen MR) is 98.8 cm³/mol. The zero-order chi connectivity index (χ0) is 17.8. The van der Waals surface area contributed by atoms with Crippen LogP contribution in [0.15, 0.2) is 18.2 Å². The molecule has 0 bridgehead atoms. The van der Waals surface area contributed by atoms with Gasteiger partial charge < -0.3 is 15.5 Å². The van der Waals surface area contributed by atoms with Gasteiger partial charge in [0.15, 0.2) is 0 Å². The number of nitrogens with zero attached hydrogens (tertiary/aromatic N) is 3. The molecule has 0 aliphatic carbocycles. The van der Waals surface area contributed by atoms with Crippen molar-refractivity contribution in [3.05, 3.63) is 29.3 Å². The summed E-state index contributed by atoms with van der Waals surface area (Å²) in [6.45, 7) is 7.21. The van der Waals surface area contributed by atoms with Gasteiger partial charge in [-0.3, -0.25) is 14.5 Å². The highest BCUT2D eigenvalue weighted by molar-refractivity contribution is 6.00. The van der Waals surface area contributed by atoms with E-state index in [2.05, 4.69) is 17.0 Å². The first-order valence-electron chi connectivity index (χ1n) is 9.20. The molecule has 0 spiro atoms. The van der Waals surface area contributed by atoms with Crippen LogP contribution in [-0.2, 0) is 4.79 Å². The van der Waals surface area contributed by atoms with Crippen LogP contribution in [0.1, 0.15) is 35.2 Å². The van der Waals surface area contributed by atoms with Crippen molar-refractivity contribution in [2.75, 3.05) is 50.7 Å². The summed E-state index contributed by atoms with van der Waals surface area (Å²) in [4.78, 5) is 30.6. The van der Waals surface area contributed by atoms with Gasteiger partial charge in [0.25, 0.3) is 5.91 Å². The van der Waals surface area contributed by atoms with Gasteiger partial charge in [-0.2, -0.15) is 0 Å². The van der Waals surface area contributed by atoms with Crippen LogP contribution in [0.5, 0.6) is 0 Å². The Labute approximate surface area is 149 Å². The van der Waals surface area contributed by atoms with Crippen LogP contribution in [0.25, 0.3) is 0 Å². The summed E-state index contributed by atoms with van der Waals surface area (Å²) in [5.74, 6) is -0.207. The fourth-order valence-electron chi connectivity index (χ4n) is 3.78. The van der Waals surface area contributed by atoms with E-state index in [9.17, 15) is 9.59 Å². The molecule has 2 N–H and O–H groups in total. The van der Waals surface area contributed by atoms with Crippen molar-refractivity contribution in [2.45, 2.75) is 26.2 Å². The number of rotatable bonds is 4. The maximum Gasteiger partial charge on any atom is 0.256 e. The molecule has 0 radical (unpaired) electrons. The average Bonchev–Trinajstić information content (AvgIpc) is 3.01. The van der Waals surface area contributed by atoms with Crippen LogP contribution in [0, 0.1) is 6.92 Å². The van der Waals surface area contributed by atoms with Gasteiger partial charge in [-0.05, 0) is 38.3 Å². The average molecular weight is 344 g/mol. The van der Waals surface area contributed by atoms with E-state index in [4.69, 9.17) is 5.73 Å². The summed E-state index contributed by atoms with van der Waals surface area (Å²) in [6, 6.07) is 6.19. The summed E-state index contributed by atoms with van der Waals surface area (Å²) in [5.41, 5.74) is 8.28. The van der Waals surface area contributed by atoms with Crippen LogP contribution in [0.2, 0.25) is 0 Å². The van der Waals surface area contributed by atoms with E-state index in [0.29, 0.717) is 13.1 Å². The van der Waals surface area contributed by atoms with E-state index in [-0.39, 0.29) is 18.4 Å². The summed E-state index contributed by atoms with van der Waals surface area (Å²) in [5, 5.41) is 0. The Hall–Kier alpha value is -2.08. The third kappa shape index (κ3) is 4.31. The first-order valence-corrected chi connectivity index (χ1v) is 9.20. The minimum atomic E-state index is -0.310. The smallest absolute Gasteiger partial charge is 0.256 e. The van der Waals surface area contributed by atoms with Gasteiger partial charge in [0.1, 0.15) is 0 Å². The molecule has 0 aromatic heterocycles. The van der Waals surface area contributed by atoms with Crippen molar-refractivity contribution in [3.8, 4) is 0 Å². The molecule has 3 rings (SSSR count). The fourth-order valence-corrected chi connectivity index (χ4v) is 3.78. The SMILES string of the molecule is Cc1ccc(N2CCCC2)c(C(=O)N2CCCN(CC(N)=O)CC2)c1. The molecule has 2 fully saturated rings. The highest BCUT2D eigenvalue weighted by Gasteiger charge is 2.25. The molecule has 2 amide bonds. The van der Waals surface area contributed by atoms with Crippen LogP contribution >= 0.6 is 0 Å². The second-order valence-electron chi connectivity index (χ2n) is 7.10. The molecular weight excluding hydrogens is 316 g/mol. The van der Waals surface area contributed by atoms with Gasteiger partial charge in [-0.1, -0.05) is 11.6 Å². The molecule has 0 saturated carbocycles. The number of primary amides is 1. The van der Waals surface area contributed by atoms with Crippen molar-refractivity contribution in [3.63, 3.8) is 0 Å². The van der Waals surface area contributed by atoms with Crippen LogP contribution in [-0.4, -0.2) is 67.4 Å². The molecule has 0 atom stereocenters. The third-order valence-electron chi connectivity index (χ3n) is 5.08. The third-order valence-corrected chi connectivity index (χ3v) is 5.08. The van der Waals surface area contributed by atoms with E-state index in [1.807, 2.05) is 22.8 Å². The highest BCUT2D eigenvalue weighted by atomic mass is 16.2. The Bertz CT molecular complexity index is 640. The number of carbonyl (C=O) groups is 2. The summed E-state index contributed by atoms with van der Waals surface area (Å²) < 4.78 is 0. The van der Waals surface area contributed by atoms with Crippen molar-refractivity contribution >= 4 is 17.5 Å². The minimum absolute atomic E-state index is 0.103. The Kier molecular flexibility index (Phi) is 5.58. The maximum atomic E-state index is 13.2. The largest absolute Gasteiger partial charge is 0.371 e. The van der Waals surface area contributed by atoms with Gasteiger partial charge in [-0.25, -0.2) is 0 Å². The number of hydrogen-bond acceptors (Lipinski definition) is 4. The molecule has 1 aromatic rings. The van der Waals surface area contributed by atoms with Gasteiger partial charge in [0, 0.05) is 45.0 Å². The summed E-state index contributed by atoms with van der Waals surface area (Å²) in [6.07, 6.45) is 3.24. The van der Waals surface area contributed by atoms with Crippen molar-refractivity contribution in [1.29, 1.82) is 0 Å². The van der Waals surface area contributed by atoms with Crippen LogP contribution in [0.4, 0.5) is 5.69 Å². The molecule has 0 unspecified atom stereocenters. The van der Waals surface area contributed by atoms with E-state index in [1.54, 1.807) is 0 Å². The van der Waals surface area contributed by atoms with Crippen molar-refractivity contribution in [2.24, 2.45) is 5.73 Å². The van der Waals surface area contributed by atoms with Crippen molar-refractivity contribution < 1.29 is 9.59 Å². The molecule has 6 heteroatoms. The molecule has 2 saturated heterocycles. The molecular formula is C19H28N4O2. The summed E-state index contributed by atoms with van der Waals surface area (Å²) >= 11 is 0. The standard InChI is InChI=1S/C19H28N4O2/c1-15-5-6-17(22-8-2-3-9-22)16(13-15)19(25)23-10-4-7-21(11-12-23)14-18(20)24/h5-6,13H,2-4,7-12,14H2,1H3,(H2,20,24). The minimum Gasteiger partial charge on any atom is -0.371 e. The molecule has 136 valence electrons. The first kappa shape index (κ1) is 17.7. The van der Waals surface area contributed by atoms with E-state index < -0.39 is 0 Å². The fraction of sp³-hybridized carbons (Fsp3) is 0.579. The second kappa shape index (κ2) is 7.87. The lowest BCUT2D eigenvalue weighted by Gasteiger charge is -2.26. The normalized spacial score (nSPS) is 19.1. The van der Waals surface area contributed by atoms with Gasteiger partial charge in [-0.15, -0.1) is 0 Å². The number of hydrogen-bond donors (Lipinski definition) is 1. The molecule has 2 aliphatic rings. The molecule has 2 heterocycles.